The van der Waals surface area contributed by atoms with Crippen LogP contribution in [0.5, 0.6) is 0 Å². The normalized spacial score (nSPS) is 18.8. The third kappa shape index (κ3) is 5.74. The van der Waals surface area contributed by atoms with Crippen LogP contribution in [0.2, 0.25) is 0 Å². The topological polar surface area (TPSA) is 42.0 Å². The quantitative estimate of drug-likeness (QED) is 0.748. The number of rotatable bonds is 8. The fourth-order valence-electron chi connectivity index (χ4n) is 3.48. The van der Waals surface area contributed by atoms with Crippen LogP contribution in [0.4, 0.5) is 5.69 Å². The van der Waals surface area contributed by atoms with E-state index in [2.05, 4.69) is 46.3 Å². The van der Waals surface area contributed by atoms with Crippen LogP contribution < -0.4 is 10.2 Å². The van der Waals surface area contributed by atoms with E-state index in [1.807, 2.05) is 25.9 Å². The van der Waals surface area contributed by atoms with Gasteiger partial charge >= 0.3 is 0 Å². The molecule has 24 heavy (non-hydrogen) atoms. The summed E-state index contributed by atoms with van der Waals surface area (Å²) >= 11 is 0. The zero-order valence-electron chi connectivity index (χ0n) is 15.8. The monoisotopic (exact) mass is 334 g/mol. The average Bonchev–Trinajstić information content (AvgIpc) is 2.54. The van der Waals surface area contributed by atoms with E-state index in [1.165, 1.54) is 11.3 Å². The highest BCUT2D eigenvalue weighted by molar-refractivity contribution is 5.54. The van der Waals surface area contributed by atoms with Crippen LogP contribution in [-0.4, -0.2) is 80.4 Å². The van der Waals surface area contributed by atoms with Crippen molar-refractivity contribution in [2.45, 2.75) is 26.0 Å². The molecule has 5 heteroatoms. The number of anilines is 1. The highest BCUT2D eigenvalue weighted by Gasteiger charge is 2.21. The van der Waals surface area contributed by atoms with Crippen LogP contribution >= 0.6 is 0 Å². The molecule has 5 nitrogen and oxygen atoms in total. The molecule has 0 radical (unpaired) electrons. The Labute approximate surface area is 147 Å². The van der Waals surface area contributed by atoms with Gasteiger partial charge in [0.05, 0.1) is 5.60 Å². The van der Waals surface area contributed by atoms with Gasteiger partial charge in [-0.25, -0.2) is 0 Å². The maximum Gasteiger partial charge on any atom is 0.0869 e. The molecule has 1 aliphatic heterocycles. The number of likely N-dealkylation sites (N-methyl/N-ethyl adjacent to an activating group) is 2. The summed E-state index contributed by atoms with van der Waals surface area (Å²) in [6.45, 7) is 11.7. The van der Waals surface area contributed by atoms with E-state index in [9.17, 15) is 5.11 Å². The Morgan fingerprint density at radius 1 is 1.17 bits per heavy atom. The molecule has 0 aromatic heterocycles. The standard InChI is InChI=1S/C19H34N4O/c1-5-22-10-12-23(13-11-22)18-9-7-6-8-17(18)14-20-15-19(2,24)16-21(3)4/h6-9,20,24H,5,10-16H2,1-4H3. The van der Waals surface area contributed by atoms with Crippen LogP contribution in [0.1, 0.15) is 19.4 Å². The predicted octanol–water partition coefficient (Wildman–Crippen LogP) is 1.23. The first-order valence-corrected chi connectivity index (χ1v) is 9.04. The Kier molecular flexibility index (Phi) is 7.04. The zero-order chi connectivity index (χ0) is 17.6. The number of aliphatic hydroxyl groups is 1. The van der Waals surface area contributed by atoms with E-state index in [0.29, 0.717) is 13.1 Å². The first-order valence-electron chi connectivity index (χ1n) is 9.04. The molecule has 0 bridgehead atoms. The first kappa shape index (κ1) is 19.2. The molecule has 0 amide bonds. The van der Waals surface area contributed by atoms with Gasteiger partial charge in [-0.1, -0.05) is 25.1 Å². The van der Waals surface area contributed by atoms with Crippen LogP contribution in [0.25, 0.3) is 0 Å². The van der Waals surface area contributed by atoms with Gasteiger partial charge in [-0.05, 0) is 39.2 Å². The van der Waals surface area contributed by atoms with Crippen molar-refractivity contribution in [1.29, 1.82) is 0 Å². The van der Waals surface area contributed by atoms with Gasteiger partial charge < -0.3 is 25.1 Å². The molecule has 0 saturated carbocycles. The Hall–Kier alpha value is -1.14. The zero-order valence-corrected chi connectivity index (χ0v) is 15.8. The number of piperazine rings is 1. The summed E-state index contributed by atoms with van der Waals surface area (Å²) in [6, 6.07) is 8.62. The molecule has 1 atom stereocenters. The van der Waals surface area contributed by atoms with Gasteiger partial charge in [0.2, 0.25) is 0 Å². The number of hydrogen-bond donors (Lipinski definition) is 2. The molecule has 1 saturated heterocycles. The molecule has 1 aromatic carbocycles. The summed E-state index contributed by atoms with van der Waals surface area (Å²) in [5.74, 6) is 0. The summed E-state index contributed by atoms with van der Waals surface area (Å²) in [7, 11) is 3.97. The lowest BCUT2D eigenvalue weighted by Crippen LogP contribution is -2.47. The second-order valence-electron chi connectivity index (χ2n) is 7.39. The molecule has 2 rings (SSSR count). The van der Waals surface area contributed by atoms with E-state index >= 15 is 0 Å². The highest BCUT2D eigenvalue weighted by atomic mass is 16.3. The number of benzene rings is 1. The van der Waals surface area contributed by atoms with Gasteiger partial charge in [0, 0.05) is 51.5 Å². The van der Waals surface area contributed by atoms with Crippen molar-refractivity contribution in [3.63, 3.8) is 0 Å². The maximum absolute atomic E-state index is 10.4. The predicted molar refractivity (Wildman–Crippen MR) is 102 cm³/mol. The molecule has 1 unspecified atom stereocenters. The van der Waals surface area contributed by atoms with Gasteiger partial charge in [0.1, 0.15) is 0 Å². The second-order valence-corrected chi connectivity index (χ2v) is 7.39. The molecule has 1 fully saturated rings. The molecular weight excluding hydrogens is 300 g/mol. The van der Waals surface area contributed by atoms with E-state index in [4.69, 9.17) is 0 Å². The number of nitrogens with one attached hydrogen (secondary N) is 1. The third-order valence-electron chi connectivity index (χ3n) is 4.63. The smallest absolute Gasteiger partial charge is 0.0869 e. The lowest BCUT2D eigenvalue weighted by atomic mass is 10.1. The van der Waals surface area contributed by atoms with Gasteiger partial charge in [-0.2, -0.15) is 0 Å². The minimum atomic E-state index is -0.717. The van der Waals surface area contributed by atoms with Crippen LogP contribution in [0, 0.1) is 0 Å². The fourth-order valence-corrected chi connectivity index (χ4v) is 3.48. The van der Waals surface area contributed by atoms with Crippen molar-refractivity contribution >= 4 is 5.69 Å². The van der Waals surface area contributed by atoms with E-state index < -0.39 is 5.60 Å². The lowest BCUT2D eigenvalue weighted by Gasteiger charge is -2.36. The molecule has 2 N–H and O–H groups in total. The minimum absolute atomic E-state index is 0.586. The average molecular weight is 335 g/mol. The Balaban J connectivity index is 1.92. The Morgan fingerprint density at radius 2 is 1.83 bits per heavy atom. The van der Waals surface area contributed by atoms with E-state index in [0.717, 1.165) is 39.3 Å². The van der Waals surface area contributed by atoms with Crippen molar-refractivity contribution in [3.05, 3.63) is 29.8 Å². The minimum Gasteiger partial charge on any atom is -0.388 e. The van der Waals surface area contributed by atoms with E-state index in [1.54, 1.807) is 0 Å². The molecule has 1 aliphatic rings. The molecular formula is C19H34N4O. The van der Waals surface area contributed by atoms with Crippen molar-refractivity contribution in [3.8, 4) is 0 Å². The fraction of sp³-hybridized carbons (Fsp3) is 0.684. The summed E-state index contributed by atoms with van der Waals surface area (Å²) in [5, 5.41) is 13.9. The number of hydrogen-bond acceptors (Lipinski definition) is 5. The first-order chi connectivity index (χ1) is 11.4. The van der Waals surface area contributed by atoms with Crippen molar-refractivity contribution in [2.24, 2.45) is 0 Å². The van der Waals surface area contributed by atoms with Crippen LogP contribution in [0.3, 0.4) is 0 Å². The third-order valence-corrected chi connectivity index (χ3v) is 4.63. The van der Waals surface area contributed by atoms with Gasteiger partial charge in [0.25, 0.3) is 0 Å². The second kappa shape index (κ2) is 8.81. The number of nitrogens with zero attached hydrogens (tertiary/aromatic N) is 3. The molecule has 1 aromatic rings. The molecule has 1 heterocycles. The van der Waals surface area contributed by atoms with Crippen molar-refractivity contribution in [1.82, 2.24) is 15.1 Å². The van der Waals surface area contributed by atoms with Crippen molar-refractivity contribution < 1.29 is 5.11 Å². The maximum atomic E-state index is 10.4. The van der Waals surface area contributed by atoms with Gasteiger partial charge in [-0.15, -0.1) is 0 Å². The van der Waals surface area contributed by atoms with Gasteiger partial charge in [0.15, 0.2) is 0 Å². The molecule has 0 spiro atoms. The van der Waals surface area contributed by atoms with E-state index in [-0.39, 0.29) is 0 Å². The molecule has 0 aliphatic carbocycles. The highest BCUT2D eigenvalue weighted by Crippen LogP contribution is 2.22. The molecule has 136 valence electrons. The van der Waals surface area contributed by atoms with Crippen molar-refractivity contribution in [2.75, 3.05) is 64.8 Å². The van der Waals surface area contributed by atoms with Gasteiger partial charge in [-0.3, -0.25) is 0 Å². The lowest BCUT2D eigenvalue weighted by molar-refractivity contribution is 0.0336. The van der Waals surface area contributed by atoms with Crippen LogP contribution in [-0.2, 0) is 6.54 Å². The summed E-state index contributed by atoms with van der Waals surface area (Å²) < 4.78 is 0. The summed E-state index contributed by atoms with van der Waals surface area (Å²) in [6.07, 6.45) is 0. The Morgan fingerprint density at radius 3 is 2.46 bits per heavy atom. The van der Waals surface area contributed by atoms with Crippen LogP contribution in [0.15, 0.2) is 24.3 Å². The summed E-state index contributed by atoms with van der Waals surface area (Å²) in [4.78, 5) is 7.00. The Bertz CT molecular complexity index is 496. The SMILES string of the molecule is CCN1CCN(c2ccccc2CNCC(C)(O)CN(C)C)CC1. The number of para-hydroxylation sites is 1. The largest absolute Gasteiger partial charge is 0.388 e. The summed E-state index contributed by atoms with van der Waals surface area (Å²) in [5.41, 5.74) is 1.92.